The first kappa shape index (κ1) is 22.1. The largest absolute Gasteiger partial charge is 0.154 e. The Kier molecular flexibility index (Phi) is 5.45. The number of rotatable bonds is 7. The van der Waals surface area contributed by atoms with Crippen LogP contribution >= 0.6 is 0 Å². The van der Waals surface area contributed by atoms with Crippen LogP contribution in [0.2, 0.25) is 17.5 Å². The lowest BCUT2D eigenvalue weighted by Gasteiger charge is -2.75. The molecule has 150 valence electrons. The summed E-state index contributed by atoms with van der Waals surface area (Å²) in [7, 11) is 0. The van der Waals surface area contributed by atoms with Crippen LogP contribution in [-0.4, -0.2) is 6.71 Å². The molecule has 2 rings (SSSR count). The van der Waals surface area contributed by atoms with Crippen LogP contribution in [0.15, 0.2) is 12.2 Å². The van der Waals surface area contributed by atoms with Crippen LogP contribution in [0, 0.1) is 34.0 Å². The van der Waals surface area contributed by atoms with Gasteiger partial charge in [-0.25, -0.2) is 0 Å². The standard InChI is InChI=1S/C25H47B/c1-13-18(3)19(4)25(11)20(5)21(6,7)22(25,8)16-15-17-24(10)23(9,14-2)26(24)12/h15,17-20H,13-14,16H2,1-12H3/b17-15+/t18?,19-,20?,22?,23?,24?,25+/m1/s1. The Bertz CT molecular complexity index is 563. The zero-order valence-corrected chi connectivity index (χ0v) is 20.1. The van der Waals surface area contributed by atoms with Crippen LogP contribution in [0.4, 0.5) is 0 Å². The molecule has 0 aromatic carbocycles. The van der Waals surface area contributed by atoms with Crippen molar-refractivity contribution >= 4 is 6.71 Å². The molecule has 26 heavy (non-hydrogen) atoms. The van der Waals surface area contributed by atoms with Gasteiger partial charge in [0.05, 0.1) is 0 Å². The molecule has 0 N–H and O–H groups in total. The fourth-order valence-electron chi connectivity index (χ4n) is 7.39. The monoisotopic (exact) mass is 358 g/mol. The summed E-state index contributed by atoms with van der Waals surface area (Å²) in [5.41, 5.74) is 1.19. The van der Waals surface area contributed by atoms with Gasteiger partial charge in [0.25, 0.3) is 0 Å². The van der Waals surface area contributed by atoms with E-state index in [1.165, 1.54) is 19.3 Å². The van der Waals surface area contributed by atoms with Crippen LogP contribution in [0.5, 0.6) is 0 Å². The molecule has 7 atom stereocenters. The Hall–Kier alpha value is -0.195. The SMILES string of the molecule is CCC(C)[C@@H](C)[C@@]1(C)C(C)C(C)(C)C1(C)C/C=C/C1(C)B(C)C1(C)CC. The molecule has 2 aliphatic rings. The van der Waals surface area contributed by atoms with Gasteiger partial charge in [-0.2, -0.15) is 0 Å². The van der Waals surface area contributed by atoms with Crippen LogP contribution in [0.3, 0.4) is 0 Å². The van der Waals surface area contributed by atoms with Crippen molar-refractivity contribution in [2.24, 2.45) is 34.0 Å². The fraction of sp³-hybridized carbons (Fsp3) is 0.920. The first-order chi connectivity index (χ1) is 11.7. The molecule has 1 saturated heterocycles. The Labute approximate surface area is 166 Å². The van der Waals surface area contributed by atoms with E-state index in [1.807, 2.05) is 0 Å². The van der Waals surface area contributed by atoms with Gasteiger partial charge in [-0.15, -0.1) is 0 Å². The third-order valence-electron chi connectivity index (χ3n) is 11.8. The third kappa shape index (κ3) is 2.40. The molecule has 5 unspecified atom stereocenters. The molecule has 0 radical (unpaired) electrons. The third-order valence-corrected chi connectivity index (χ3v) is 11.8. The smallest absolute Gasteiger partial charge is 0.0900 e. The molecule has 1 saturated carbocycles. The minimum absolute atomic E-state index is 0.371. The summed E-state index contributed by atoms with van der Waals surface area (Å²) in [4.78, 5) is 0. The molecule has 0 aromatic heterocycles. The van der Waals surface area contributed by atoms with E-state index in [9.17, 15) is 0 Å². The molecule has 2 fully saturated rings. The summed E-state index contributed by atoms with van der Waals surface area (Å²) in [5.74, 6) is 2.34. The Morgan fingerprint density at radius 1 is 1.00 bits per heavy atom. The quantitative estimate of drug-likeness (QED) is 0.317. The van der Waals surface area contributed by atoms with Gasteiger partial charge >= 0.3 is 0 Å². The summed E-state index contributed by atoms with van der Waals surface area (Å²) < 4.78 is 0. The van der Waals surface area contributed by atoms with E-state index < -0.39 is 0 Å². The maximum absolute atomic E-state index is 2.60. The highest BCUT2D eigenvalue weighted by atomic mass is 14.7. The zero-order chi connectivity index (χ0) is 20.3. The second kappa shape index (κ2) is 6.42. The molecular weight excluding hydrogens is 311 g/mol. The highest BCUT2D eigenvalue weighted by molar-refractivity contribution is 6.78. The van der Waals surface area contributed by atoms with Gasteiger partial charge in [-0.05, 0) is 45.7 Å². The molecule has 0 bridgehead atoms. The Morgan fingerprint density at radius 3 is 1.96 bits per heavy atom. The summed E-state index contributed by atoms with van der Waals surface area (Å²) >= 11 is 0. The summed E-state index contributed by atoms with van der Waals surface area (Å²) in [6.45, 7) is 30.7. The molecule has 0 amide bonds. The molecular formula is C25H47B. The maximum Gasteiger partial charge on any atom is 0.154 e. The van der Waals surface area contributed by atoms with Crippen LogP contribution in [0.25, 0.3) is 0 Å². The van der Waals surface area contributed by atoms with Gasteiger partial charge in [0, 0.05) is 0 Å². The maximum atomic E-state index is 2.60. The van der Waals surface area contributed by atoms with Gasteiger partial charge in [-0.3, -0.25) is 0 Å². The minimum atomic E-state index is 0.371. The van der Waals surface area contributed by atoms with Crippen LogP contribution < -0.4 is 0 Å². The molecule has 0 nitrogen and oxygen atoms in total. The predicted molar refractivity (Wildman–Crippen MR) is 120 cm³/mol. The molecule has 1 heteroatoms. The second-order valence-corrected chi connectivity index (χ2v) is 11.6. The van der Waals surface area contributed by atoms with Gasteiger partial charge in [0.2, 0.25) is 0 Å². The fourth-order valence-corrected chi connectivity index (χ4v) is 7.39. The Balaban J connectivity index is 2.26. The summed E-state index contributed by atoms with van der Waals surface area (Å²) in [5, 5.41) is 0.899. The first-order valence-electron chi connectivity index (χ1n) is 11.4. The van der Waals surface area contributed by atoms with E-state index in [2.05, 4.69) is 95.1 Å². The molecule has 1 aliphatic heterocycles. The van der Waals surface area contributed by atoms with Gasteiger partial charge in [0.15, 0.2) is 6.71 Å². The predicted octanol–water partition coefficient (Wildman–Crippen LogP) is 8.37. The molecule has 0 aromatic rings. The summed E-state index contributed by atoms with van der Waals surface area (Å²) in [6.07, 6.45) is 8.98. The lowest BCUT2D eigenvalue weighted by molar-refractivity contribution is -0.268. The minimum Gasteiger partial charge on any atom is -0.0900 e. The van der Waals surface area contributed by atoms with E-state index in [0.717, 1.165) is 24.5 Å². The lowest BCUT2D eigenvalue weighted by atomic mass is 9.29. The first-order valence-corrected chi connectivity index (χ1v) is 11.4. The van der Waals surface area contributed by atoms with E-state index >= 15 is 0 Å². The van der Waals surface area contributed by atoms with Crippen LogP contribution in [-0.2, 0) is 0 Å². The van der Waals surface area contributed by atoms with Crippen molar-refractivity contribution < 1.29 is 0 Å². The van der Waals surface area contributed by atoms with Crippen molar-refractivity contribution in [1.29, 1.82) is 0 Å². The van der Waals surface area contributed by atoms with E-state index in [-0.39, 0.29) is 0 Å². The van der Waals surface area contributed by atoms with E-state index in [1.54, 1.807) is 0 Å². The van der Waals surface area contributed by atoms with Gasteiger partial charge < -0.3 is 0 Å². The number of hydrogen-bond acceptors (Lipinski definition) is 0. The summed E-state index contributed by atoms with van der Waals surface area (Å²) in [6, 6.07) is 0. The van der Waals surface area contributed by atoms with Crippen molar-refractivity contribution in [3.63, 3.8) is 0 Å². The second-order valence-electron chi connectivity index (χ2n) is 11.6. The van der Waals surface area contributed by atoms with Gasteiger partial charge in [0.1, 0.15) is 0 Å². The Morgan fingerprint density at radius 2 is 1.54 bits per heavy atom. The average Bonchev–Trinajstić information content (AvgIpc) is 3.04. The molecule has 1 heterocycles. The molecule has 1 aliphatic carbocycles. The normalized spacial score (nSPS) is 46.9. The number of allylic oxidation sites excluding steroid dienone is 2. The van der Waals surface area contributed by atoms with Crippen LogP contribution in [0.1, 0.15) is 95.4 Å². The van der Waals surface area contributed by atoms with Crippen molar-refractivity contribution in [2.75, 3.05) is 0 Å². The number of hydrogen-bond donors (Lipinski definition) is 0. The highest BCUT2D eigenvalue weighted by Crippen LogP contribution is 2.78. The van der Waals surface area contributed by atoms with Crippen molar-refractivity contribution in [3.05, 3.63) is 12.2 Å². The van der Waals surface area contributed by atoms with E-state index in [0.29, 0.717) is 26.9 Å². The van der Waals surface area contributed by atoms with Crippen molar-refractivity contribution in [2.45, 2.75) is 113 Å². The zero-order valence-electron chi connectivity index (χ0n) is 20.1. The van der Waals surface area contributed by atoms with Gasteiger partial charge in [-0.1, -0.05) is 113 Å². The van der Waals surface area contributed by atoms with E-state index in [4.69, 9.17) is 0 Å². The average molecular weight is 358 g/mol. The topological polar surface area (TPSA) is 0 Å². The molecule has 0 spiro atoms. The van der Waals surface area contributed by atoms with Crippen molar-refractivity contribution in [1.82, 2.24) is 0 Å². The van der Waals surface area contributed by atoms with Crippen molar-refractivity contribution in [3.8, 4) is 0 Å². The lowest BCUT2D eigenvalue weighted by Crippen LogP contribution is -2.69. The highest BCUT2D eigenvalue weighted by Gasteiger charge is 2.71.